The van der Waals surface area contributed by atoms with E-state index in [9.17, 15) is 13.2 Å². The molecule has 1 heterocycles. The molecule has 0 saturated carbocycles. The molecule has 0 bridgehead atoms. The molecule has 0 atom stereocenters. The summed E-state index contributed by atoms with van der Waals surface area (Å²) >= 11 is 6.59. The number of halogens is 1. The Kier molecular flexibility index (Phi) is 5.85. The van der Waals surface area contributed by atoms with Crippen LogP contribution in [0.25, 0.3) is 0 Å². The fourth-order valence-corrected chi connectivity index (χ4v) is 4.28. The van der Waals surface area contributed by atoms with E-state index in [1.165, 1.54) is 0 Å². The molecule has 10 heteroatoms. The molecule has 0 fully saturated rings. The maximum Gasteiger partial charge on any atom is 0.270 e. The molecule has 2 aromatic carbocycles. The fraction of sp³-hybridized carbons (Fsp3) is 0.118. The number of rotatable bonds is 6. The van der Waals surface area contributed by atoms with Crippen molar-refractivity contribution in [2.24, 2.45) is 0 Å². The number of sulfonamides is 1. The summed E-state index contributed by atoms with van der Waals surface area (Å²) in [5.74, 6) is -0.373. The second kappa shape index (κ2) is 8.13. The van der Waals surface area contributed by atoms with Gasteiger partial charge in [-0.15, -0.1) is 10.2 Å². The Morgan fingerprint density at radius 1 is 1.11 bits per heavy atom. The first-order valence-corrected chi connectivity index (χ1v) is 10.5. The number of carbonyl (C=O) groups is 1. The lowest BCUT2D eigenvalue weighted by Crippen LogP contribution is -2.23. The molecule has 140 valence electrons. The van der Waals surface area contributed by atoms with Crippen molar-refractivity contribution in [1.29, 1.82) is 0 Å². The molecule has 27 heavy (non-hydrogen) atoms. The van der Waals surface area contributed by atoms with E-state index >= 15 is 0 Å². The van der Waals surface area contributed by atoms with Crippen LogP contribution in [0.1, 0.15) is 21.5 Å². The van der Waals surface area contributed by atoms with Crippen LogP contribution >= 0.6 is 22.9 Å². The Balaban J connectivity index is 1.68. The molecule has 1 aromatic heterocycles. The maximum atomic E-state index is 12.4. The van der Waals surface area contributed by atoms with E-state index in [4.69, 9.17) is 11.6 Å². The van der Waals surface area contributed by atoms with E-state index in [0.29, 0.717) is 10.6 Å². The van der Waals surface area contributed by atoms with Gasteiger partial charge in [0.1, 0.15) is 0 Å². The van der Waals surface area contributed by atoms with Crippen molar-refractivity contribution in [3.05, 3.63) is 70.2 Å². The Morgan fingerprint density at radius 3 is 2.52 bits per heavy atom. The molecule has 0 aliphatic carbocycles. The van der Waals surface area contributed by atoms with Crippen molar-refractivity contribution in [2.45, 2.75) is 17.8 Å². The van der Waals surface area contributed by atoms with Gasteiger partial charge in [-0.25, -0.2) is 13.1 Å². The first-order valence-electron chi connectivity index (χ1n) is 7.80. The SMILES string of the molecule is Cc1ccccc1C(=O)Nc1nnc(S(=O)(=O)NCc2ccc(Cl)cc2)s1. The van der Waals surface area contributed by atoms with Crippen molar-refractivity contribution < 1.29 is 13.2 Å². The number of aromatic nitrogens is 2. The molecule has 0 unspecified atom stereocenters. The minimum Gasteiger partial charge on any atom is -0.296 e. The highest BCUT2D eigenvalue weighted by atomic mass is 35.5. The van der Waals surface area contributed by atoms with Crippen LogP contribution in [0.15, 0.2) is 52.9 Å². The maximum absolute atomic E-state index is 12.4. The Labute approximate surface area is 165 Å². The van der Waals surface area contributed by atoms with Crippen molar-refractivity contribution in [3.63, 3.8) is 0 Å². The largest absolute Gasteiger partial charge is 0.296 e. The number of nitrogens with one attached hydrogen (secondary N) is 2. The Hall–Kier alpha value is -2.33. The van der Waals surface area contributed by atoms with Gasteiger partial charge in [0.15, 0.2) is 0 Å². The molecule has 7 nitrogen and oxygen atoms in total. The van der Waals surface area contributed by atoms with Gasteiger partial charge in [0, 0.05) is 17.1 Å². The number of aryl methyl sites for hydroxylation is 1. The highest BCUT2D eigenvalue weighted by molar-refractivity contribution is 7.91. The molecule has 0 saturated heterocycles. The van der Waals surface area contributed by atoms with E-state index in [1.54, 1.807) is 36.4 Å². The fourth-order valence-electron chi connectivity index (χ4n) is 2.20. The van der Waals surface area contributed by atoms with Crippen LogP contribution in [-0.2, 0) is 16.6 Å². The highest BCUT2D eigenvalue weighted by Crippen LogP contribution is 2.21. The first-order chi connectivity index (χ1) is 12.8. The van der Waals surface area contributed by atoms with Crippen LogP contribution in [0, 0.1) is 6.92 Å². The molecule has 0 aliphatic heterocycles. The summed E-state index contributed by atoms with van der Waals surface area (Å²) < 4.78 is 26.9. The van der Waals surface area contributed by atoms with Crippen LogP contribution < -0.4 is 10.0 Å². The van der Waals surface area contributed by atoms with E-state index in [0.717, 1.165) is 22.5 Å². The predicted octanol–water partition coefficient (Wildman–Crippen LogP) is 3.23. The van der Waals surface area contributed by atoms with Gasteiger partial charge in [-0.2, -0.15) is 0 Å². The molecule has 0 radical (unpaired) electrons. The number of benzene rings is 2. The third-order valence-electron chi connectivity index (χ3n) is 3.63. The van der Waals surface area contributed by atoms with Crippen molar-refractivity contribution in [3.8, 4) is 0 Å². The number of hydrogen-bond acceptors (Lipinski definition) is 6. The quantitative estimate of drug-likeness (QED) is 0.594. The van der Waals surface area contributed by atoms with Gasteiger partial charge in [0.2, 0.25) is 9.47 Å². The number of hydrogen-bond donors (Lipinski definition) is 2. The molecule has 0 spiro atoms. The van der Waals surface area contributed by atoms with Crippen LogP contribution in [0.5, 0.6) is 0 Å². The zero-order chi connectivity index (χ0) is 19.4. The average molecular weight is 423 g/mol. The van der Waals surface area contributed by atoms with Gasteiger partial charge in [-0.05, 0) is 36.2 Å². The molecule has 3 rings (SSSR count). The molecular formula is C17H15ClN4O3S2. The highest BCUT2D eigenvalue weighted by Gasteiger charge is 2.21. The summed E-state index contributed by atoms with van der Waals surface area (Å²) in [6, 6.07) is 13.9. The lowest BCUT2D eigenvalue weighted by Gasteiger charge is -2.04. The van der Waals surface area contributed by atoms with Gasteiger partial charge in [0.05, 0.1) is 0 Å². The van der Waals surface area contributed by atoms with Crippen LogP contribution in [0.4, 0.5) is 5.13 Å². The van der Waals surface area contributed by atoms with Crippen LogP contribution in [0.3, 0.4) is 0 Å². The third-order valence-corrected chi connectivity index (χ3v) is 6.49. The van der Waals surface area contributed by atoms with E-state index in [2.05, 4.69) is 20.2 Å². The Bertz CT molecular complexity index is 1070. The van der Waals surface area contributed by atoms with Gasteiger partial charge in [0.25, 0.3) is 15.9 Å². The summed E-state index contributed by atoms with van der Waals surface area (Å²) in [5.41, 5.74) is 2.04. The summed E-state index contributed by atoms with van der Waals surface area (Å²) in [6.45, 7) is 1.90. The normalized spacial score (nSPS) is 11.3. The van der Waals surface area contributed by atoms with E-state index in [-0.39, 0.29) is 21.9 Å². The average Bonchev–Trinajstić information content (AvgIpc) is 3.11. The molecule has 3 aromatic rings. The lowest BCUT2D eigenvalue weighted by molar-refractivity contribution is 0.102. The van der Waals surface area contributed by atoms with Crippen molar-refractivity contribution in [1.82, 2.24) is 14.9 Å². The van der Waals surface area contributed by atoms with Gasteiger partial charge >= 0.3 is 0 Å². The standard InChI is InChI=1S/C17H15ClN4O3S2/c1-11-4-2-3-5-14(11)15(23)20-16-21-22-17(26-16)27(24,25)19-10-12-6-8-13(18)9-7-12/h2-9,19H,10H2,1H3,(H,20,21,23). The number of amides is 1. The second-order valence-electron chi connectivity index (χ2n) is 5.59. The van der Waals surface area contributed by atoms with E-state index in [1.807, 2.05) is 19.1 Å². The smallest absolute Gasteiger partial charge is 0.270 e. The van der Waals surface area contributed by atoms with Crippen LogP contribution in [-0.4, -0.2) is 24.5 Å². The van der Waals surface area contributed by atoms with Gasteiger partial charge in [-0.1, -0.05) is 53.3 Å². The first kappa shape index (κ1) is 19.4. The molecule has 0 aliphatic rings. The summed E-state index contributed by atoms with van der Waals surface area (Å²) in [4.78, 5) is 12.3. The van der Waals surface area contributed by atoms with Gasteiger partial charge in [-0.3, -0.25) is 10.1 Å². The zero-order valence-corrected chi connectivity index (χ0v) is 16.5. The number of anilines is 1. The summed E-state index contributed by atoms with van der Waals surface area (Å²) in [5, 5.41) is 10.7. The monoisotopic (exact) mass is 422 g/mol. The minimum absolute atomic E-state index is 0.0873. The number of nitrogens with zero attached hydrogens (tertiary/aromatic N) is 2. The zero-order valence-electron chi connectivity index (χ0n) is 14.1. The summed E-state index contributed by atoms with van der Waals surface area (Å²) in [6.07, 6.45) is 0. The number of carbonyl (C=O) groups excluding carboxylic acids is 1. The topological polar surface area (TPSA) is 101 Å². The lowest BCUT2D eigenvalue weighted by atomic mass is 10.1. The van der Waals surface area contributed by atoms with Crippen molar-refractivity contribution >= 4 is 44.0 Å². The molecular weight excluding hydrogens is 408 g/mol. The van der Waals surface area contributed by atoms with Crippen LogP contribution in [0.2, 0.25) is 5.02 Å². The third kappa shape index (κ3) is 4.89. The minimum atomic E-state index is -3.85. The molecule has 2 N–H and O–H groups in total. The molecule has 1 amide bonds. The predicted molar refractivity (Wildman–Crippen MR) is 105 cm³/mol. The van der Waals surface area contributed by atoms with E-state index < -0.39 is 10.0 Å². The Morgan fingerprint density at radius 2 is 1.81 bits per heavy atom. The van der Waals surface area contributed by atoms with Crippen molar-refractivity contribution in [2.75, 3.05) is 5.32 Å². The summed E-state index contributed by atoms with van der Waals surface area (Å²) in [7, 11) is -3.85. The van der Waals surface area contributed by atoms with Gasteiger partial charge < -0.3 is 0 Å². The second-order valence-corrected chi connectivity index (χ2v) is 8.95.